The molecule has 2 rings (SSSR count). The molecule has 1 unspecified atom stereocenters. The van der Waals surface area contributed by atoms with Gasteiger partial charge in [0, 0.05) is 0 Å². The van der Waals surface area contributed by atoms with Crippen LogP contribution in [0.2, 0.25) is 0 Å². The van der Waals surface area contributed by atoms with E-state index in [0.717, 1.165) is 25.0 Å². The lowest BCUT2D eigenvalue weighted by atomic mass is 10.1. The summed E-state index contributed by atoms with van der Waals surface area (Å²) >= 11 is 0. The zero-order chi connectivity index (χ0) is 20.6. The van der Waals surface area contributed by atoms with Crippen molar-refractivity contribution in [3.63, 3.8) is 0 Å². The third kappa shape index (κ3) is 6.48. The number of alkyl halides is 3. The minimum absolute atomic E-state index is 0.139. The number of ether oxygens (including phenoxy) is 3. The molecular formula is C21H23F3O4. The SMILES string of the molecule is CCCCC(Oc1ccc(OCc2ccc(C(F)(F)F)cc2)cc1)C(=O)OC. The van der Waals surface area contributed by atoms with E-state index in [1.54, 1.807) is 24.3 Å². The summed E-state index contributed by atoms with van der Waals surface area (Å²) in [5.74, 6) is 0.625. The monoisotopic (exact) mass is 396 g/mol. The molecule has 0 fully saturated rings. The van der Waals surface area contributed by atoms with Gasteiger partial charge in [-0.05, 0) is 54.8 Å². The molecule has 7 heteroatoms. The molecule has 0 aliphatic carbocycles. The number of rotatable bonds is 9. The van der Waals surface area contributed by atoms with Crippen molar-refractivity contribution in [3.05, 3.63) is 59.7 Å². The summed E-state index contributed by atoms with van der Waals surface area (Å²) in [6.45, 7) is 2.16. The summed E-state index contributed by atoms with van der Waals surface area (Å²) in [4.78, 5) is 11.8. The second kappa shape index (κ2) is 10.0. The van der Waals surface area contributed by atoms with Crippen LogP contribution in [0, 0.1) is 0 Å². The average molecular weight is 396 g/mol. The first-order chi connectivity index (χ1) is 13.3. The molecule has 0 spiro atoms. The summed E-state index contributed by atoms with van der Waals surface area (Å²) in [5, 5.41) is 0. The number of benzene rings is 2. The van der Waals surface area contributed by atoms with Crippen molar-refractivity contribution >= 4 is 5.97 Å². The molecule has 0 aromatic heterocycles. The van der Waals surface area contributed by atoms with Crippen LogP contribution in [0.1, 0.15) is 37.3 Å². The molecule has 0 heterocycles. The molecule has 0 N–H and O–H groups in total. The fourth-order valence-corrected chi connectivity index (χ4v) is 2.48. The highest BCUT2D eigenvalue weighted by molar-refractivity contribution is 5.74. The molecule has 0 bridgehead atoms. The molecule has 1 atom stereocenters. The number of hydrogen-bond donors (Lipinski definition) is 0. The third-order valence-electron chi connectivity index (χ3n) is 4.07. The van der Waals surface area contributed by atoms with Crippen molar-refractivity contribution < 1.29 is 32.2 Å². The summed E-state index contributed by atoms with van der Waals surface area (Å²) in [5.41, 5.74) is -0.0698. The average Bonchev–Trinajstić information content (AvgIpc) is 2.69. The van der Waals surface area contributed by atoms with Crippen molar-refractivity contribution in [2.24, 2.45) is 0 Å². The van der Waals surface area contributed by atoms with Gasteiger partial charge in [0.25, 0.3) is 0 Å². The summed E-state index contributed by atoms with van der Waals surface area (Å²) in [6, 6.07) is 11.5. The normalized spacial score (nSPS) is 12.3. The van der Waals surface area contributed by atoms with Crippen LogP contribution >= 0.6 is 0 Å². The van der Waals surface area contributed by atoms with Gasteiger partial charge in [0.15, 0.2) is 6.10 Å². The van der Waals surface area contributed by atoms with Gasteiger partial charge in [-0.1, -0.05) is 25.5 Å². The Bertz CT molecular complexity index is 740. The van der Waals surface area contributed by atoms with Gasteiger partial charge in [-0.2, -0.15) is 13.2 Å². The molecule has 152 valence electrons. The lowest BCUT2D eigenvalue weighted by Crippen LogP contribution is -2.28. The van der Waals surface area contributed by atoms with Crippen LogP contribution in [0.5, 0.6) is 11.5 Å². The van der Waals surface area contributed by atoms with Gasteiger partial charge >= 0.3 is 12.1 Å². The van der Waals surface area contributed by atoms with Gasteiger partial charge in [-0.25, -0.2) is 4.79 Å². The summed E-state index contributed by atoms with van der Waals surface area (Å²) in [7, 11) is 1.32. The molecule has 0 saturated heterocycles. The van der Waals surface area contributed by atoms with Gasteiger partial charge in [0.2, 0.25) is 0 Å². The Hall–Kier alpha value is -2.70. The fraction of sp³-hybridized carbons (Fsp3) is 0.381. The highest BCUT2D eigenvalue weighted by atomic mass is 19.4. The Kier molecular flexibility index (Phi) is 7.72. The number of esters is 1. The molecule has 4 nitrogen and oxygen atoms in total. The van der Waals surface area contributed by atoms with Gasteiger partial charge < -0.3 is 14.2 Å². The number of carbonyl (C=O) groups excluding carboxylic acids is 1. The molecule has 28 heavy (non-hydrogen) atoms. The molecule has 0 saturated carbocycles. The molecule has 0 aliphatic rings. The van der Waals surface area contributed by atoms with E-state index in [-0.39, 0.29) is 6.61 Å². The van der Waals surface area contributed by atoms with Crippen molar-refractivity contribution in [1.29, 1.82) is 0 Å². The summed E-state index contributed by atoms with van der Waals surface area (Å²) in [6.07, 6.45) is -2.67. The molecule has 0 amide bonds. The highest BCUT2D eigenvalue weighted by Crippen LogP contribution is 2.29. The Morgan fingerprint density at radius 3 is 2.14 bits per heavy atom. The van der Waals surface area contributed by atoms with Gasteiger partial charge in [0.05, 0.1) is 12.7 Å². The smallest absolute Gasteiger partial charge is 0.416 e. The maximum absolute atomic E-state index is 12.6. The minimum Gasteiger partial charge on any atom is -0.489 e. The van der Waals surface area contributed by atoms with Gasteiger partial charge in [-0.15, -0.1) is 0 Å². The van der Waals surface area contributed by atoms with Crippen LogP contribution in [0.4, 0.5) is 13.2 Å². The first kappa shape index (κ1) is 21.6. The van der Waals surface area contributed by atoms with Crippen LogP contribution in [0.25, 0.3) is 0 Å². The van der Waals surface area contributed by atoms with E-state index < -0.39 is 23.8 Å². The van der Waals surface area contributed by atoms with Gasteiger partial charge in [0.1, 0.15) is 18.1 Å². The quantitative estimate of drug-likeness (QED) is 0.533. The van der Waals surface area contributed by atoms with Gasteiger partial charge in [-0.3, -0.25) is 0 Å². The molecule has 0 aliphatic heterocycles. The Morgan fingerprint density at radius 2 is 1.61 bits per heavy atom. The molecule has 2 aromatic rings. The van der Waals surface area contributed by atoms with Crippen LogP contribution in [-0.2, 0) is 22.3 Å². The third-order valence-corrected chi connectivity index (χ3v) is 4.07. The lowest BCUT2D eigenvalue weighted by Gasteiger charge is -2.17. The predicted molar refractivity (Wildman–Crippen MR) is 98.2 cm³/mol. The number of unbranched alkanes of at least 4 members (excludes halogenated alkanes) is 1. The minimum atomic E-state index is -4.35. The lowest BCUT2D eigenvalue weighted by molar-refractivity contribution is -0.149. The standard InChI is InChI=1S/C21H23F3O4/c1-3-4-5-19(20(25)26-2)28-18-12-10-17(11-13-18)27-14-15-6-8-16(9-7-15)21(22,23)24/h6-13,19H,3-5,14H2,1-2H3. The largest absolute Gasteiger partial charge is 0.489 e. The molecule has 0 radical (unpaired) electrons. The number of carbonyl (C=O) groups is 1. The van der Waals surface area contributed by atoms with E-state index in [1.807, 2.05) is 6.92 Å². The van der Waals surface area contributed by atoms with Crippen molar-refractivity contribution in [2.75, 3.05) is 7.11 Å². The van der Waals surface area contributed by atoms with Crippen LogP contribution in [0.15, 0.2) is 48.5 Å². The topological polar surface area (TPSA) is 44.8 Å². The zero-order valence-electron chi connectivity index (χ0n) is 15.8. The van der Waals surface area contributed by atoms with E-state index in [2.05, 4.69) is 0 Å². The zero-order valence-corrected chi connectivity index (χ0v) is 15.8. The highest BCUT2D eigenvalue weighted by Gasteiger charge is 2.29. The molecule has 2 aromatic carbocycles. The van der Waals surface area contributed by atoms with Crippen LogP contribution in [0.3, 0.4) is 0 Å². The van der Waals surface area contributed by atoms with E-state index in [4.69, 9.17) is 14.2 Å². The Balaban J connectivity index is 1.92. The Labute approximate surface area is 162 Å². The maximum atomic E-state index is 12.6. The second-order valence-corrected chi connectivity index (χ2v) is 6.23. The van der Waals surface area contributed by atoms with E-state index >= 15 is 0 Å². The fourth-order valence-electron chi connectivity index (χ4n) is 2.48. The first-order valence-electron chi connectivity index (χ1n) is 8.97. The van der Waals surface area contributed by atoms with Crippen LogP contribution < -0.4 is 9.47 Å². The van der Waals surface area contributed by atoms with Crippen molar-refractivity contribution in [3.8, 4) is 11.5 Å². The summed E-state index contributed by atoms with van der Waals surface area (Å²) < 4.78 is 53.7. The van der Waals surface area contributed by atoms with Crippen LogP contribution in [-0.4, -0.2) is 19.2 Å². The predicted octanol–water partition coefficient (Wildman–Crippen LogP) is 5.40. The number of methoxy groups -OCH3 is 1. The van der Waals surface area contributed by atoms with E-state index in [1.165, 1.54) is 19.2 Å². The number of hydrogen-bond acceptors (Lipinski definition) is 4. The maximum Gasteiger partial charge on any atom is 0.416 e. The molecular weight excluding hydrogens is 373 g/mol. The second-order valence-electron chi connectivity index (χ2n) is 6.23. The van der Waals surface area contributed by atoms with Crippen molar-refractivity contribution in [1.82, 2.24) is 0 Å². The first-order valence-corrected chi connectivity index (χ1v) is 8.97. The Morgan fingerprint density at radius 1 is 1.00 bits per heavy atom. The van der Waals surface area contributed by atoms with Crippen molar-refractivity contribution in [2.45, 2.75) is 45.1 Å². The van der Waals surface area contributed by atoms with E-state index in [0.29, 0.717) is 23.5 Å². The number of halogens is 3. The van der Waals surface area contributed by atoms with E-state index in [9.17, 15) is 18.0 Å².